The van der Waals surface area contributed by atoms with Gasteiger partial charge in [-0.25, -0.2) is 4.79 Å². The first-order chi connectivity index (χ1) is 10.6. The van der Waals surface area contributed by atoms with Gasteiger partial charge in [0.05, 0.1) is 19.3 Å². The minimum absolute atomic E-state index is 0.278. The number of aliphatic hydroxyl groups excluding tert-OH is 1. The maximum absolute atomic E-state index is 10.8. The van der Waals surface area contributed by atoms with Crippen molar-refractivity contribution in [3.05, 3.63) is 11.6 Å². The Labute approximate surface area is 136 Å². The summed E-state index contributed by atoms with van der Waals surface area (Å²) >= 11 is 0. The van der Waals surface area contributed by atoms with E-state index in [2.05, 4.69) is 13.8 Å². The molecule has 6 nitrogen and oxygen atoms in total. The van der Waals surface area contributed by atoms with Gasteiger partial charge < -0.3 is 24.4 Å². The van der Waals surface area contributed by atoms with E-state index in [4.69, 9.17) is 19.3 Å². The van der Waals surface area contributed by atoms with Crippen molar-refractivity contribution in [1.82, 2.24) is 0 Å². The number of fused-ring (bicyclic) bond motifs is 1. The van der Waals surface area contributed by atoms with Crippen LogP contribution in [-0.4, -0.2) is 52.5 Å². The minimum atomic E-state index is -0.999. The molecule has 6 heteroatoms. The third-order valence-corrected chi connectivity index (χ3v) is 5.62. The van der Waals surface area contributed by atoms with Gasteiger partial charge in [0, 0.05) is 24.3 Å². The van der Waals surface area contributed by atoms with E-state index in [0.29, 0.717) is 31.6 Å². The van der Waals surface area contributed by atoms with Gasteiger partial charge in [-0.1, -0.05) is 19.4 Å². The Morgan fingerprint density at radius 3 is 2.35 bits per heavy atom. The van der Waals surface area contributed by atoms with E-state index in [9.17, 15) is 9.90 Å². The van der Waals surface area contributed by atoms with Crippen LogP contribution in [0.4, 0.5) is 0 Å². The molecule has 23 heavy (non-hydrogen) atoms. The fourth-order valence-electron chi connectivity index (χ4n) is 5.02. The van der Waals surface area contributed by atoms with Crippen molar-refractivity contribution >= 4 is 5.97 Å². The van der Waals surface area contributed by atoms with Gasteiger partial charge in [-0.3, -0.25) is 0 Å². The molecule has 0 aromatic rings. The largest absolute Gasteiger partial charge is 0.478 e. The van der Waals surface area contributed by atoms with Crippen LogP contribution in [0.25, 0.3) is 0 Å². The van der Waals surface area contributed by atoms with Crippen molar-refractivity contribution in [3.8, 4) is 0 Å². The van der Waals surface area contributed by atoms with Gasteiger partial charge in [-0.2, -0.15) is 0 Å². The third kappa shape index (κ3) is 2.43. The van der Waals surface area contributed by atoms with Gasteiger partial charge >= 0.3 is 5.97 Å². The molecule has 2 saturated heterocycles. The standard InChI is InChI=1S/C17H26O6/c1-11(8-13(19)20)7-12(18)17-14(2,3)9-16(21-5-6-22-16)10-15(17,4)23-17/h8,12,18H,5-7,9-10H2,1-4H3,(H,19,20). The van der Waals surface area contributed by atoms with E-state index in [1.54, 1.807) is 6.92 Å². The van der Waals surface area contributed by atoms with Gasteiger partial charge in [-0.05, 0) is 20.3 Å². The lowest BCUT2D eigenvalue weighted by Crippen LogP contribution is -2.58. The summed E-state index contributed by atoms with van der Waals surface area (Å²) in [5, 5.41) is 19.7. The molecule has 3 fully saturated rings. The first kappa shape index (κ1) is 16.9. The number of aliphatic carboxylic acids is 1. The number of hydrogen-bond acceptors (Lipinski definition) is 5. The number of ether oxygens (including phenoxy) is 3. The van der Waals surface area contributed by atoms with Gasteiger partial charge in [0.1, 0.15) is 11.2 Å². The molecule has 0 amide bonds. The first-order valence-electron chi connectivity index (χ1n) is 8.12. The summed E-state index contributed by atoms with van der Waals surface area (Å²) in [5.41, 5.74) is -0.953. The molecule has 2 aliphatic heterocycles. The van der Waals surface area contributed by atoms with Crippen LogP contribution in [0.15, 0.2) is 11.6 Å². The first-order valence-corrected chi connectivity index (χ1v) is 8.12. The highest BCUT2D eigenvalue weighted by Gasteiger charge is 2.81. The molecule has 0 aromatic heterocycles. The van der Waals surface area contributed by atoms with E-state index in [0.717, 1.165) is 6.08 Å². The van der Waals surface area contributed by atoms with Crippen LogP contribution in [0.5, 0.6) is 0 Å². The molecule has 1 aliphatic carbocycles. The second-order valence-electron chi connectivity index (χ2n) is 7.96. The summed E-state index contributed by atoms with van der Waals surface area (Å²) in [6.07, 6.45) is 1.88. The van der Waals surface area contributed by atoms with Gasteiger partial charge in [0.25, 0.3) is 0 Å². The molecule has 130 valence electrons. The zero-order valence-electron chi connectivity index (χ0n) is 14.2. The van der Waals surface area contributed by atoms with Crippen LogP contribution in [0.3, 0.4) is 0 Å². The summed E-state index contributed by atoms with van der Waals surface area (Å²) < 4.78 is 17.9. The lowest BCUT2D eigenvalue weighted by atomic mass is 9.59. The molecule has 0 radical (unpaired) electrons. The van der Waals surface area contributed by atoms with Crippen LogP contribution in [0.2, 0.25) is 0 Å². The summed E-state index contributed by atoms with van der Waals surface area (Å²) in [6.45, 7) is 8.99. The molecule has 0 bridgehead atoms. The van der Waals surface area contributed by atoms with Crippen LogP contribution in [0, 0.1) is 5.41 Å². The summed E-state index contributed by atoms with van der Waals surface area (Å²) in [5.74, 6) is -1.62. The van der Waals surface area contributed by atoms with Gasteiger partial charge in [0.2, 0.25) is 0 Å². The predicted molar refractivity (Wildman–Crippen MR) is 81.9 cm³/mol. The van der Waals surface area contributed by atoms with Crippen molar-refractivity contribution in [2.45, 2.75) is 70.1 Å². The Morgan fingerprint density at radius 1 is 1.22 bits per heavy atom. The Hall–Kier alpha value is -0.950. The zero-order valence-corrected chi connectivity index (χ0v) is 14.2. The van der Waals surface area contributed by atoms with Gasteiger partial charge in [-0.15, -0.1) is 0 Å². The Morgan fingerprint density at radius 2 is 1.83 bits per heavy atom. The smallest absolute Gasteiger partial charge is 0.328 e. The van der Waals surface area contributed by atoms with E-state index in [1.807, 2.05) is 6.92 Å². The Bertz CT molecular complexity index is 547. The highest BCUT2D eigenvalue weighted by atomic mass is 16.7. The van der Waals surface area contributed by atoms with Crippen molar-refractivity contribution in [2.24, 2.45) is 5.41 Å². The number of hydrogen-bond donors (Lipinski definition) is 2. The Kier molecular flexibility index (Phi) is 3.69. The van der Waals surface area contributed by atoms with Crippen molar-refractivity contribution in [1.29, 1.82) is 0 Å². The number of carboxylic acid groups (broad SMARTS) is 1. The van der Waals surface area contributed by atoms with Crippen molar-refractivity contribution in [2.75, 3.05) is 13.2 Å². The molecular formula is C17H26O6. The molecule has 2 N–H and O–H groups in total. The molecule has 0 aromatic carbocycles. The summed E-state index contributed by atoms with van der Waals surface area (Å²) in [4.78, 5) is 10.8. The molecule has 3 atom stereocenters. The number of aliphatic hydroxyl groups is 1. The van der Waals surface area contributed by atoms with Gasteiger partial charge in [0.15, 0.2) is 5.79 Å². The Balaban J connectivity index is 1.84. The second-order valence-corrected chi connectivity index (χ2v) is 7.96. The van der Waals surface area contributed by atoms with Crippen molar-refractivity contribution < 1.29 is 29.2 Å². The minimum Gasteiger partial charge on any atom is -0.478 e. The maximum atomic E-state index is 10.8. The van der Waals surface area contributed by atoms with E-state index >= 15 is 0 Å². The topological polar surface area (TPSA) is 88.5 Å². The van der Waals surface area contributed by atoms with Crippen LogP contribution in [0.1, 0.15) is 47.0 Å². The van der Waals surface area contributed by atoms with Crippen LogP contribution < -0.4 is 0 Å². The monoisotopic (exact) mass is 326 g/mol. The molecule has 3 rings (SSSR count). The van der Waals surface area contributed by atoms with E-state index in [-0.39, 0.29) is 11.8 Å². The molecule has 3 aliphatic rings. The number of rotatable bonds is 4. The molecule has 2 heterocycles. The molecular weight excluding hydrogens is 300 g/mol. The second kappa shape index (κ2) is 5.02. The molecule has 1 spiro atoms. The van der Waals surface area contributed by atoms with Crippen LogP contribution in [-0.2, 0) is 19.0 Å². The van der Waals surface area contributed by atoms with E-state index < -0.39 is 29.1 Å². The zero-order chi connectivity index (χ0) is 17.1. The van der Waals surface area contributed by atoms with Crippen molar-refractivity contribution in [3.63, 3.8) is 0 Å². The predicted octanol–water partition coefficient (Wildman–Crippen LogP) is 1.86. The molecule has 1 saturated carbocycles. The lowest BCUT2D eigenvalue weighted by molar-refractivity contribution is -0.209. The normalized spacial score (nSPS) is 39.1. The molecule has 3 unspecified atom stereocenters. The average Bonchev–Trinajstić information content (AvgIpc) is 2.79. The SMILES string of the molecule is CC(=CC(=O)O)CC(O)C12OC1(C)CC1(CC2(C)C)OCCO1. The fraction of sp³-hybridized carbons (Fsp3) is 0.824. The number of carbonyl (C=O) groups is 1. The maximum Gasteiger partial charge on any atom is 0.328 e. The quantitative estimate of drug-likeness (QED) is 0.605. The third-order valence-electron chi connectivity index (χ3n) is 5.62. The lowest BCUT2D eigenvalue weighted by Gasteiger charge is -2.47. The summed E-state index contributed by atoms with van der Waals surface area (Å²) in [7, 11) is 0. The highest BCUT2D eigenvalue weighted by Crippen LogP contribution is 2.70. The highest BCUT2D eigenvalue weighted by molar-refractivity contribution is 5.80. The fourth-order valence-corrected chi connectivity index (χ4v) is 5.02. The average molecular weight is 326 g/mol. The number of carboxylic acids is 1. The van der Waals surface area contributed by atoms with Crippen LogP contribution >= 0.6 is 0 Å². The summed E-state index contributed by atoms with van der Waals surface area (Å²) in [6, 6.07) is 0. The van der Waals surface area contributed by atoms with E-state index in [1.165, 1.54) is 0 Å². The number of epoxide rings is 1.